The highest BCUT2D eigenvalue weighted by Gasteiger charge is 2.11. The molecule has 0 fully saturated rings. The van der Waals surface area contributed by atoms with Crippen molar-refractivity contribution in [3.05, 3.63) is 89.7 Å². The quantitative estimate of drug-likeness (QED) is 0.217. The monoisotopic (exact) mass is 499 g/mol. The number of carbonyl (C=O) groups excluding carboxylic acids is 1. The molecule has 0 saturated carbocycles. The van der Waals surface area contributed by atoms with Crippen LogP contribution < -0.4 is 14.8 Å². The van der Waals surface area contributed by atoms with Crippen LogP contribution in [0.4, 0.5) is 0 Å². The fourth-order valence-electron chi connectivity index (χ4n) is 4.40. The Kier molecular flexibility index (Phi) is 9.19. The van der Waals surface area contributed by atoms with Gasteiger partial charge in [-0.1, -0.05) is 38.1 Å². The van der Waals surface area contributed by atoms with Gasteiger partial charge in [0, 0.05) is 25.1 Å². The van der Waals surface area contributed by atoms with Gasteiger partial charge >= 0.3 is 0 Å². The maximum Gasteiger partial charge on any atom is 0.251 e. The Morgan fingerprint density at radius 1 is 0.973 bits per heavy atom. The number of hydrogen-bond acceptors (Lipinski definition) is 4. The summed E-state index contributed by atoms with van der Waals surface area (Å²) in [5.41, 5.74) is 4.12. The minimum atomic E-state index is -0.0783. The average Bonchev–Trinajstić information content (AvgIpc) is 3.30. The number of fused-ring (bicyclic) bond motifs is 1. The zero-order valence-corrected chi connectivity index (χ0v) is 22.1. The van der Waals surface area contributed by atoms with Crippen molar-refractivity contribution in [1.29, 1.82) is 0 Å². The Bertz CT molecular complexity index is 1280. The Morgan fingerprint density at radius 3 is 2.43 bits per heavy atom. The summed E-state index contributed by atoms with van der Waals surface area (Å²) >= 11 is 0. The van der Waals surface area contributed by atoms with Crippen molar-refractivity contribution in [3.8, 4) is 11.5 Å². The van der Waals surface area contributed by atoms with E-state index < -0.39 is 0 Å². The van der Waals surface area contributed by atoms with Gasteiger partial charge in [0.15, 0.2) is 0 Å². The minimum Gasteiger partial charge on any atom is -0.497 e. The molecule has 1 atom stereocenters. The number of nitrogens with zero attached hydrogens (tertiary/aromatic N) is 2. The topological polar surface area (TPSA) is 65.4 Å². The van der Waals surface area contributed by atoms with Crippen LogP contribution in [0.3, 0.4) is 0 Å². The van der Waals surface area contributed by atoms with Gasteiger partial charge in [0.2, 0.25) is 0 Å². The smallest absolute Gasteiger partial charge is 0.251 e. The summed E-state index contributed by atoms with van der Waals surface area (Å²) in [7, 11) is 1.61. The molecule has 0 aliphatic rings. The van der Waals surface area contributed by atoms with Crippen molar-refractivity contribution in [2.24, 2.45) is 0 Å². The molecule has 0 bridgehead atoms. The molecule has 3 aromatic carbocycles. The highest BCUT2D eigenvalue weighted by molar-refractivity contribution is 5.94. The van der Waals surface area contributed by atoms with Gasteiger partial charge < -0.3 is 19.4 Å². The van der Waals surface area contributed by atoms with E-state index in [1.807, 2.05) is 6.07 Å². The SMILES string of the molecule is CCC(C)c1ccc(OCCCn2c(CCCNC(=O)c3ccc(OC)cc3)nc3ccccc32)cc1. The van der Waals surface area contributed by atoms with E-state index in [9.17, 15) is 4.79 Å². The van der Waals surface area contributed by atoms with Crippen molar-refractivity contribution in [2.45, 2.75) is 52.0 Å². The summed E-state index contributed by atoms with van der Waals surface area (Å²) < 4.78 is 13.5. The van der Waals surface area contributed by atoms with Gasteiger partial charge in [-0.15, -0.1) is 0 Å². The largest absolute Gasteiger partial charge is 0.497 e. The first-order chi connectivity index (χ1) is 18.1. The maximum atomic E-state index is 12.4. The molecule has 4 rings (SSSR count). The highest BCUT2D eigenvalue weighted by atomic mass is 16.5. The molecular weight excluding hydrogens is 462 g/mol. The number of nitrogens with one attached hydrogen (secondary N) is 1. The van der Waals surface area contributed by atoms with Gasteiger partial charge in [0.25, 0.3) is 5.91 Å². The third kappa shape index (κ3) is 6.91. The molecule has 0 aliphatic carbocycles. The molecule has 1 aromatic heterocycles. The van der Waals surface area contributed by atoms with Crippen LogP contribution in [0.5, 0.6) is 11.5 Å². The fraction of sp³-hybridized carbons (Fsp3) is 0.355. The molecule has 1 heterocycles. The summed E-state index contributed by atoms with van der Waals surface area (Å²) in [6, 6.07) is 23.8. The molecule has 37 heavy (non-hydrogen) atoms. The summed E-state index contributed by atoms with van der Waals surface area (Å²) in [4.78, 5) is 17.3. The number of methoxy groups -OCH3 is 1. The van der Waals surface area contributed by atoms with Gasteiger partial charge in [-0.25, -0.2) is 4.98 Å². The van der Waals surface area contributed by atoms with E-state index in [1.165, 1.54) is 5.56 Å². The third-order valence-electron chi connectivity index (χ3n) is 6.80. The lowest BCUT2D eigenvalue weighted by atomic mass is 9.99. The van der Waals surface area contributed by atoms with Crippen molar-refractivity contribution in [2.75, 3.05) is 20.3 Å². The zero-order chi connectivity index (χ0) is 26.0. The molecule has 4 aromatic rings. The summed E-state index contributed by atoms with van der Waals surface area (Å²) in [5, 5.41) is 3.01. The van der Waals surface area contributed by atoms with Crippen molar-refractivity contribution >= 4 is 16.9 Å². The molecule has 0 radical (unpaired) electrons. The summed E-state index contributed by atoms with van der Waals surface area (Å²) in [6.07, 6.45) is 3.62. The molecule has 194 valence electrons. The first-order valence-corrected chi connectivity index (χ1v) is 13.2. The van der Waals surface area contributed by atoms with E-state index in [2.05, 4.69) is 66.2 Å². The molecule has 1 N–H and O–H groups in total. The fourth-order valence-corrected chi connectivity index (χ4v) is 4.40. The molecule has 6 heteroatoms. The lowest BCUT2D eigenvalue weighted by molar-refractivity contribution is 0.0953. The Balaban J connectivity index is 1.29. The summed E-state index contributed by atoms with van der Waals surface area (Å²) in [6.45, 7) is 6.52. The molecule has 0 spiro atoms. The van der Waals surface area contributed by atoms with Crippen molar-refractivity contribution in [1.82, 2.24) is 14.9 Å². The number of para-hydroxylation sites is 2. The molecular formula is C31H37N3O3. The molecule has 6 nitrogen and oxygen atoms in total. The summed E-state index contributed by atoms with van der Waals surface area (Å²) in [5.74, 6) is 3.18. The maximum absolute atomic E-state index is 12.4. The van der Waals surface area contributed by atoms with Gasteiger partial charge in [0.1, 0.15) is 17.3 Å². The van der Waals surface area contributed by atoms with Crippen molar-refractivity contribution in [3.63, 3.8) is 0 Å². The third-order valence-corrected chi connectivity index (χ3v) is 6.80. The van der Waals surface area contributed by atoms with E-state index in [0.717, 1.165) is 60.6 Å². The number of ether oxygens (including phenoxy) is 2. The normalized spacial score (nSPS) is 11.9. The van der Waals surface area contributed by atoms with Gasteiger partial charge in [0.05, 0.1) is 24.8 Å². The Morgan fingerprint density at radius 2 is 1.70 bits per heavy atom. The second-order valence-corrected chi connectivity index (χ2v) is 9.34. The molecule has 0 aliphatic heterocycles. The van der Waals surface area contributed by atoms with Crippen LogP contribution in [0.2, 0.25) is 0 Å². The predicted molar refractivity (Wildman–Crippen MR) is 149 cm³/mol. The first kappa shape index (κ1) is 26.3. The zero-order valence-electron chi connectivity index (χ0n) is 22.1. The number of carbonyl (C=O) groups is 1. The van der Waals surface area contributed by atoms with E-state index in [4.69, 9.17) is 14.5 Å². The lowest BCUT2D eigenvalue weighted by Crippen LogP contribution is -2.25. The van der Waals surface area contributed by atoms with Gasteiger partial charge in [-0.05, 0) is 79.3 Å². The average molecular weight is 500 g/mol. The Labute approximate surface area is 219 Å². The van der Waals surface area contributed by atoms with Crippen molar-refractivity contribution < 1.29 is 14.3 Å². The van der Waals surface area contributed by atoms with Crippen LogP contribution in [0.25, 0.3) is 11.0 Å². The van der Waals surface area contributed by atoms with Crippen LogP contribution in [0, 0.1) is 0 Å². The van der Waals surface area contributed by atoms with Gasteiger partial charge in [-0.3, -0.25) is 4.79 Å². The molecule has 0 saturated heterocycles. The van der Waals surface area contributed by atoms with Gasteiger partial charge in [-0.2, -0.15) is 0 Å². The predicted octanol–water partition coefficient (Wildman–Crippen LogP) is 6.39. The highest BCUT2D eigenvalue weighted by Crippen LogP contribution is 2.22. The van der Waals surface area contributed by atoms with E-state index in [1.54, 1.807) is 31.4 Å². The number of amides is 1. The lowest BCUT2D eigenvalue weighted by Gasteiger charge is -2.12. The number of benzene rings is 3. The number of aryl methyl sites for hydroxylation is 2. The first-order valence-electron chi connectivity index (χ1n) is 13.2. The molecule has 1 unspecified atom stereocenters. The van der Waals surface area contributed by atoms with E-state index in [-0.39, 0.29) is 5.91 Å². The number of rotatable bonds is 13. The second kappa shape index (κ2) is 12.9. The Hall–Kier alpha value is -3.80. The minimum absolute atomic E-state index is 0.0783. The van der Waals surface area contributed by atoms with Crippen LogP contribution in [0.1, 0.15) is 60.8 Å². The van der Waals surface area contributed by atoms with Crippen LogP contribution in [-0.4, -0.2) is 35.7 Å². The number of imidazole rings is 1. The van der Waals surface area contributed by atoms with E-state index >= 15 is 0 Å². The van der Waals surface area contributed by atoms with E-state index in [0.29, 0.717) is 24.6 Å². The van der Waals surface area contributed by atoms with Crippen LogP contribution >= 0.6 is 0 Å². The standard InChI is InChI=1S/C31H37N3O3/c1-4-23(2)24-12-18-27(19-13-24)37-22-8-21-34-29-10-6-5-9-28(29)33-30(34)11-7-20-32-31(35)25-14-16-26(36-3)17-15-25/h5-6,9-10,12-19,23H,4,7-8,11,20-22H2,1-3H3,(H,32,35). The second-order valence-electron chi connectivity index (χ2n) is 9.34. The number of aromatic nitrogens is 2. The number of hydrogen-bond donors (Lipinski definition) is 1. The van der Waals surface area contributed by atoms with Crippen LogP contribution in [-0.2, 0) is 13.0 Å². The van der Waals surface area contributed by atoms with Crippen LogP contribution in [0.15, 0.2) is 72.8 Å². The molecule has 1 amide bonds.